The van der Waals surface area contributed by atoms with E-state index in [4.69, 9.17) is 27.6 Å². The minimum absolute atomic E-state index is 0.0257. The minimum Gasteiger partial charge on any atom is -0.392 e. The van der Waals surface area contributed by atoms with Gasteiger partial charge in [0.25, 0.3) is 0 Å². The number of Topliss-reactive ketones (excluding diaryl/α,β-unsaturated/α-hetero) is 1. The number of pyridine rings is 2. The normalized spacial score (nSPS) is 30.0. The van der Waals surface area contributed by atoms with Gasteiger partial charge in [0.05, 0.1) is 5.41 Å². The number of hydrogen-bond donors (Lipinski definition) is 2. The lowest BCUT2D eigenvalue weighted by Gasteiger charge is -2.50. The molecule has 2 spiro atoms. The van der Waals surface area contributed by atoms with Gasteiger partial charge in [-0.2, -0.15) is 0 Å². The van der Waals surface area contributed by atoms with Crippen molar-refractivity contribution >= 4 is 40.7 Å². The van der Waals surface area contributed by atoms with Crippen molar-refractivity contribution in [2.45, 2.75) is 95.3 Å². The van der Waals surface area contributed by atoms with Gasteiger partial charge in [-0.1, -0.05) is 43.1 Å². The van der Waals surface area contributed by atoms with Crippen LogP contribution in [0, 0.1) is 28.5 Å². The van der Waals surface area contributed by atoms with Crippen molar-refractivity contribution in [2.75, 3.05) is 5.32 Å². The van der Waals surface area contributed by atoms with Crippen molar-refractivity contribution in [3.05, 3.63) is 68.1 Å². The number of nitrogens with one attached hydrogen (secondary N) is 2. The highest BCUT2D eigenvalue weighted by molar-refractivity contribution is 6.30. The van der Waals surface area contributed by atoms with E-state index in [1.807, 2.05) is 6.07 Å². The number of H-pyrrole nitrogens is 1. The maximum atomic E-state index is 16.1. The first kappa shape index (κ1) is 30.5. The van der Waals surface area contributed by atoms with Crippen molar-refractivity contribution in [1.82, 2.24) is 20.2 Å². The van der Waals surface area contributed by atoms with Gasteiger partial charge in [-0.15, -0.1) is 5.10 Å². The molecule has 4 heterocycles. The van der Waals surface area contributed by atoms with E-state index in [-0.39, 0.29) is 44.8 Å². The van der Waals surface area contributed by atoms with Gasteiger partial charge < -0.3 is 9.73 Å². The van der Waals surface area contributed by atoms with Gasteiger partial charge in [0.15, 0.2) is 11.0 Å². The molecule has 1 aliphatic heterocycles. The highest BCUT2D eigenvalue weighted by atomic mass is 35.5. The molecule has 7 rings (SSSR count). The molecule has 3 aromatic rings. The lowest BCUT2D eigenvalue weighted by Crippen LogP contribution is -2.52. The quantitative estimate of drug-likeness (QED) is 0.280. The van der Waals surface area contributed by atoms with E-state index in [0.717, 1.165) is 51.4 Å². The SMILES string of the molecule is CC1(C)CCC2(CC1)C[C@@H](C(=O)CC1CCC(c3n[nH]c(=O)o3)CC1)[C@H](c1ccnc(Cl)c1F)[C@]21C(=O)Nc2nc(Cl)ccc21. The minimum atomic E-state index is -1.24. The molecule has 9 nitrogen and oxygen atoms in total. The number of hydrogen-bond acceptors (Lipinski definition) is 7. The molecule has 0 unspecified atom stereocenters. The summed E-state index contributed by atoms with van der Waals surface area (Å²) < 4.78 is 21.3. The van der Waals surface area contributed by atoms with E-state index in [2.05, 4.69) is 39.3 Å². The van der Waals surface area contributed by atoms with Crippen LogP contribution < -0.4 is 11.1 Å². The topological polar surface area (TPSA) is 131 Å². The van der Waals surface area contributed by atoms with Gasteiger partial charge in [0.1, 0.15) is 16.8 Å². The van der Waals surface area contributed by atoms with Crippen LogP contribution in [-0.2, 0) is 15.0 Å². The van der Waals surface area contributed by atoms with Gasteiger partial charge in [-0.25, -0.2) is 24.3 Å². The zero-order valence-corrected chi connectivity index (χ0v) is 26.8. The number of rotatable bonds is 5. The molecule has 0 radical (unpaired) electrons. The maximum absolute atomic E-state index is 16.1. The number of halogens is 3. The lowest BCUT2D eigenvalue weighted by atomic mass is 9.51. The van der Waals surface area contributed by atoms with Gasteiger partial charge in [0.2, 0.25) is 11.8 Å². The molecule has 3 fully saturated rings. The van der Waals surface area contributed by atoms with Crippen LogP contribution in [0.1, 0.15) is 107 Å². The first-order valence-electron chi connectivity index (χ1n) is 15.8. The number of nitrogens with zero attached hydrogens (tertiary/aromatic N) is 3. The van der Waals surface area contributed by atoms with Gasteiger partial charge in [0, 0.05) is 35.9 Å². The molecule has 0 aromatic carbocycles. The number of aromatic amines is 1. The third kappa shape index (κ3) is 4.85. The number of carbonyl (C=O) groups excluding carboxylic acids is 2. The zero-order valence-electron chi connectivity index (χ0n) is 25.3. The molecule has 45 heavy (non-hydrogen) atoms. The van der Waals surface area contributed by atoms with Gasteiger partial charge in [-0.05, 0) is 92.2 Å². The molecule has 0 saturated heterocycles. The molecule has 12 heteroatoms. The standard InChI is InChI=1S/C33H36Cl2FN5O4/c1-31(2)10-12-32(13-11-31)16-20(22(42)15-17-3-5-18(6-4-17)28-40-41-30(44)45-28)24(19-9-14-37-26(35)25(19)36)33(32)21-7-8-23(34)38-27(21)39-29(33)43/h7-9,14,17-18,20,24H,3-6,10-13,15-16H2,1-2H3,(H,41,44)(H,38,39,43)/t17?,18?,20-,24-,33+/m0/s1. The van der Waals surface area contributed by atoms with Crippen LogP contribution in [0.15, 0.2) is 33.6 Å². The summed E-state index contributed by atoms with van der Waals surface area (Å²) in [6.45, 7) is 4.47. The predicted molar refractivity (Wildman–Crippen MR) is 166 cm³/mol. The predicted octanol–water partition coefficient (Wildman–Crippen LogP) is 7.11. The van der Waals surface area contributed by atoms with Crippen molar-refractivity contribution in [3.63, 3.8) is 0 Å². The number of aromatic nitrogens is 4. The Balaban J connectivity index is 1.30. The second kappa shape index (κ2) is 11.0. The average Bonchev–Trinajstić information content (AvgIpc) is 3.65. The second-order valence-electron chi connectivity index (χ2n) is 14.4. The Kier molecular flexibility index (Phi) is 7.47. The molecule has 3 aromatic heterocycles. The number of fused-ring (bicyclic) bond motifs is 3. The molecule has 2 N–H and O–H groups in total. The molecule has 1 amide bonds. The lowest BCUT2D eigenvalue weighted by molar-refractivity contribution is -0.127. The van der Waals surface area contributed by atoms with Gasteiger partial charge in [-0.3, -0.25) is 9.59 Å². The van der Waals surface area contributed by atoms with Gasteiger partial charge >= 0.3 is 5.76 Å². The first-order chi connectivity index (χ1) is 21.4. The number of amides is 1. The zero-order chi connectivity index (χ0) is 31.7. The fourth-order valence-corrected chi connectivity index (χ4v) is 9.55. The Morgan fingerprint density at radius 1 is 1.07 bits per heavy atom. The Bertz CT molecular complexity index is 1720. The monoisotopic (exact) mass is 655 g/mol. The highest BCUT2D eigenvalue weighted by Crippen LogP contribution is 2.72. The van der Waals surface area contributed by atoms with Crippen LogP contribution in [-0.4, -0.2) is 31.9 Å². The average molecular weight is 657 g/mol. The van der Waals surface area contributed by atoms with Crippen LogP contribution in [0.25, 0.3) is 0 Å². The third-order valence-corrected chi connectivity index (χ3v) is 12.0. The van der Waals surface area contributed by atoms with Crippen molar-refractivity contribution in [2.24, 2.45) is 22.7 Å². The number of anilines is 1. The molecule has 238 valence electrons. The van der Waals surface area contributed by atoms with E-state index in [1.54, 1.807) is 12.1 Å². The molecular weight excluding hydrogens is 620 g/mol. The smallest absolute Gasteiger partial charge is 0.392 e. The first-order valence-corrected chi connectivity index (χ1v) is 16.6. The molecule has 3 saturated carbocycles. The Hall–Kier alpha value is -3.11. The second-order valence-corrected chi connectivity index (χ2v) is 15.1. The summed E-state index contributed by atoms with van der Waals surface area (Å²) in [6.07, 6.45) is 8.47. The number of ketones is 1. The van der Waals surface area contributed by atoms with E-state index in [9.17, 15) is 14.4 Å². The molecule has 3 aliphatic carbocycles. The Labute approximate surface area is 270 Å². The van der Waals surface area contributed by atoms with Crippen LogP contribution in [0.2, 0.25) is 10.3 Å². The maximum Gasteiger partial charge on any atom is 0.434 e. The number of carbonyl (C=O) groups is 2. The van der Waals surface area contributed by atoms with Crippen molar-refractivity contribution in [1.29, 1.82) is 0 Å². The van der Waals surface area contributed by atoms with Crippen LogP contribution in [0.5, 0.6) is 0 Å². The van der Waals surface area contributed by atoms with Crippen molar-refractivity contribution in [3.8, 4) is 0 Å². The summed E-state index contributed by atoms with van der Waals surface area (Å²) in [5, 5.41) is 9.30. The van der Waals surface area contributed by atoms with Crippen molar-refractivity contribution < 1.29 is 18.4 Å². The van der Waals surface area contributed by atoms with E-state index >= 15 is 4.39 Å². The third-order valence-electron chi connectivity index (χ3n) is 11.5. The largest absolute Gasteiger partial charge is 0.434 e. The fraction of sp³-hybridized carbons (Fsp3) is 0.576. The summed E-state index contributed by atoms with van der Waals surface area (Å²) in [4.78, 5) is 49.1. The van der Waals surface area contributed by atoms with Crippen LogP contribution in [0.4, 0.5) is 10.2 Å². The van der Waals surface area contributed by atoms with Crippen LogP contribution >= 0.6 is 23.2 Å². The van der Waals surface area contributed by atoms with Crippen LogP contribution in [0.3, 0.4) is 0 Å². The van der Waals surface area contributed by atoms with E-state index in [1.165, 1.54) is 6.20 Å². The molecule has 4 aliphatic rings. The summed E-state index contributed by atoms with van der Waals surface area (Å²) in [5.74, 6) is -1.98. The summed E-state index contributed by atoms with van der Waals surface area (Å²) in [5.41, 5.74) is -0.847. The molecule has 3 atom stereocenters. The van der Waals surface area contributed by atoms with E-state index in [0.29, 0.717) is 30.1 Å². The Morgan fingerprint density at radius 2 is 1.80 bits per heavy atom. The summed E-state index contributed by atoms with van der Waals surface area (Å²) in [7, 11) is 0. The molecule has 0 bridgehead atoms. The Morgan fingerprint density at radius 3 is 2.49 bits per heavy atom. The fourth-order valence-electron chi connectivity index (χ4n) is 9.24. The summed E-state index contributed by atoms with van der Waals surface area (Å²) >= 11 is 12.6. The summed E-state index contributed by atoms with van der Waals surface area (Å²) in [6, 6.07) is 5.08. The van der Waals surface area contributed by atoms with E-state index < -0.39 is 34.2 Å². The molecular formula is C33H36Cl2FN5O4. The highest BCUT2D eigenvalue weighted by Gasteiger charge is 2.72.